The third-order valence-electron chi connectivity index (χ3n) is 4.87. The fourth-order valence-corrected chi connectivity index (χ4v) is 3.18. The highest BCUT2D eigenvalue weighted by atomic mass is 16.4. The van der Waals surface area contributed by atoms with Gasteiger partial charge in [-0.15, -0.1) is 0 Å². The molecule has 1 aromatic carbocycles. The summed E-state index contributed by atoms with van der Waals surface area (Å²) in [6.07, 6.45) is 5.80. The summed E-state index contributed by atoms with van der Waals surface area (Å²) in [5.74, 6) is -0.0816. The van der Waals surface area contributed by atoms with Gasteiger partial charge in [-0.05, 0) is 36.1 Å². The summed E-state index contributed by atoms with van der Waals surface area (Å²) < 4.78 is 0. The van der Waals surface area contributed by atoms with E-state index in [9.17, 15) is 4.79 Å². The Kier molecular flexibility index (Phi) is 9.51. The summed E-state index contributed by atoms with van der Waals surface area (Å²) >= 11 is 0. The molecule has 0 fully saturated rings. The summed E-state index contributed by atoms with van der Waals surface area (Å²) in [7, 11) is 1.69. The number of nitrogens with two attached hydrogens (primary N) is 2. The topological polar surface area (TPSA) is 139 Å². The number of carboxylic acids is 1. The molecule has 0 saturated carbocycles. The van der Waals surface area contributed by atoms with E-state index in [4.69, 9.17) is 16.6 Å². The van der Waals surface area contributed by atoms with Gasteiger partial charge in [0.05, 0.1) is 12.1 Å². The van der Waals surface area contributed by atoms with Crippen molar-refractivity contribution in [2.45, 2.75) is 25.7 Å². The average Bonchev–Trinajstić information content (AvgIpc) is 2.75. The number of aromatic nitrogens is 1. The van der Waals surface area contributed by atoms with Gasteiger partial charge in [0.25, 0.3) is 0 Å². The maximum Gasteiger partial charge on any atom is 0.307 e. The van der Waals surface area contributed by atoms with Gasteiger partial charge in [-0.25, -0.2) is 4.98 Å². The summed E-state index contributed by atoms with van der Waals surface area (Å²) in [5.41, 5.74) is 16.0. The molecule has 0 aliphatic carbocycles. The molecule has 0 saturated heterocycles. The van der Waals surface area contributed by atoms with Crippen LogP contribution in [-0.2, 0) is 11.2 Å². The van der Waals surface area contributed by atoms with E-state index in [0.717, 1.165) is 54.0 Å². The van der Waals surface area contributed by atoms with Crippen molar-refractivity contribution in [3.63, 3.8) is 0 Å². The van der Waals surface area contributed by atoms with Crippen molar-refractivity contribution < 1.29 is 9.90 Å². The van der Waals surface area contributed by atoms with E-state index < -0.39 is 5.97 Å². The zero-order chi connectivity index (χ0) is 22.6. The molecule has 0 bridgehead atoms. The normalized spacial score (nSPS) is 12.8. The Morgan fingerprint density at radius 2 is 2.13 bits per heavy atom. The Morgan fingerprint density at radius 1 is 1.32 bits per heavy atom. The van der Waals surface area contributed by atoms with Crippen LogP contribution >= 0.6 is 0 Å². The van der Waals surface area contributed by atoms with Gasteiger partial charge in [0.15, 0.2) is 0 Å². The second-order valence-corrected chi connectivity index (χ2v) is 7.37. The van der Waals surface area contributed by atoms with E-state index in [-0.39, 0.29) is 6.42 Å². The van der Waals surface area contributed by atoms with Crippen LogP contribution in [-0.4, -0.2) is 49.0 Å². The number of nitrogens with zero attached hydrogens (tertiary/aromatic N) is 2. The number of hydrogen-bond acceptors (Lipinski definition) is 7. The number of allylic oxidation sites excluding steroid dienone is 1. The molecule has 7 N–H and O–H groups in total. The summed E-state index contributed by atoms with van der Waals surface area (Å²) in [6.45, 7) is 4.53. The van der Waals surface area contributed by atoms with Crippen LogP contribution in [0, 0.1) is 0 Å². The summed E-state index contributed by atoms with van der Waals surface area (Å²) in [6, 6.07) is 9.69. The number of aliphatic imine (C=N–C) groups is 1. The minimum absolute atomic E-state index is 0.0483. The van der Waals surface area contributed by atoms with E-state index in [2.05, 4.69) is 27.5 Å². The third kappa shape index (κ3) is 7.75. The number of benzene rings is 1. The minimum Gasteiger partial charge on any atom is -0.481 e. The van der Waals surface area contributed by atoms with Crippen molar-refractivity contribution in [1.29, 1.82) is 0 Å². The number of anilines is 2. The van der Waals surface area contributed by atoms with E-state index >= 15 is 0 Å². The van der Waals surface area contributed by atoms with Crippen LogP contribution in [0.3, 0.4) is 0 Å². The molecule has 0 aliphatic heterocycles. The van der Waals surface area contributed by atoms with Crippen molar-refractivity contribution in [1.82, 2.24) is 10.3 Å². The second-order valence-electron chi connectivity index (χ2n) is 7.37. The lowest BCUT2D eigenvalue weighted by Crippen LogP contribution is -2.23. The highest BCUT2D eigenvalue weighted by molar-refractivity contribution is 6.09. The lowest BCUT2D eigenvalue weighted by molar-refractivity contribution is -0.136. The van der Waals surface area contributed by atoms with Crippen LogP contribution in [0.25, 0.3) is 5.57 Å². The first-order valence-corrected chi connectivity index (χ1v) is 10.3. The third-order valence-corrected chi connectivity index (χ3v) is 4.87. The van der Waals surface area contributed by atoms with Crippen LogP contribution in [0.15, 0.2) is 47.7 Å². The Morgan fingerprint density at radius 3 is 2.84 bits per heavy atom. The molecule has 0 amide bonds. The predicted octanol–water partition coefficient (Wildman–Crippen LogP) is 2.49. The molecule has 1 aromatic heterocycles. The van der Waals surface area contributed by atoms with Crippen molar-refractivity contribution >= 4 is 29.3 Å². The summed E-state index contributed by atoms with van der Waals surface area (Å²) in [4.78, 5) is 19.1. The van der Waals surface area contributed by atoms with Crippen molar-refractivity contribution in [2.24, 2.45) is 10.7 Å². The number of carboxylic acid groups (broad SMARTS) is 1. The zero-order valence-electron chi connectivity index (χ0n) is 18.1. The van der Waals surface area contributed by atoms with E-state index in [1.807, 2.05) is 30.3 Å². The van der Waals surface area contributed by atoms with Gasteiger partial charge in [-0.2, -0.15) is 0 Å². The van der Waals surface area contributed by atoms with Crippen LogP contribution < -0.4 is 22.1 Å². The van der Waals surface area contributed by atoms with Crippen molar-refractivity contribution in [2.75, 3.05) is 37.7 Å². The molecule has 1 unspecified atom stereocenters. The Balaban J connectivity index is 1.78. The number of rotatable bonds is 12. The molecule has 1 heterocycles. The zero-order valence-corrected chi connectivity index (χ0v) is 18.1. The lowest BCUT2D eigenvalue weighted by atomic mass is 9.98. The largest absolute Gasteiger partial charge is 0.481 e. The first-order valence-electron chi connectivity index (χ1n) is 10.3. The highest BCUT2D eigenvalue weighted by Gasteiger charge is 2.08. The molecule has 2 aromatic rings. The monoisotopic (exact) mass is 424 g/mol. The van der Waals surface area contributed by atoms with E-state index in [1.54, 1.807) is 19.5 Å². The molecule has 0 spiro atoms. The highest BCUT2D eigenvalue weighted by Crippen LogP contribution is 2.21. The molecule has 166 valence electrons. The smallest absolute Gasteiger partial charge is 0.307 e. The van der Waals surface area contributed by atoms with Gasteiger partial charge in [-0.3, -0.25) is 9.79 Å². The first-order chi connectivity index (χ1) is 14.9. The SMILES string of the molecule is CN=C/C(=C\N)c1cnc(N)c(NCCCNCC(C)c2cccc(CC(=O)O)c2)c1. The van der Waals surface area contributed by atoms with Crippen molar-refractivity contribution in [3.8, 4) is 0 Å². The fourth-order valence-electron chi connectivity index (χ4n) is 3.18. The maximum atomic E-state index is 10.9. The molecule has 31 heavy (non-hydrogen) atoms. The quantitative estimate of drug-likeness (QED) is 0.260. The van der Waals surface area contributed by atoms with Crippen LogP contribution in [0.1, 0.15) is 36.0 Å². The molecule has 8 heteroatoms. The van der Waals surface area contributed by atoms with Gasteiger partial charge >= 0.3 is 5.97 Å². The summed E-state index contributed by atoms with van der Waals surface area (Å²) in [5, 5.41) is 15.7. The number of aliphatic carboxylic acids is 1. The Labute approximate surface area is 183 Å². The second kappa shape index (κ2) is 12.3. The minimum atomic E-state index is -0.814. The number of carbonyl (C=O) groups is 1. The van der Waals surface area contributed by atoms with Crippen LogP contribution in [0.5, 0.6) is 0 Å². The van der Waals surface area contributed by atoms with Gasteiger partial charge in [0.1, 0.15) is 5.82 Å². The van der Waals surface area contributed by atoms with Crippen LogP contribution in [0.4, 0.5) is 11.5 Å². The van der Waals surface area contributed by atoms with Crippen LogP contribution in [0.2, 0.25) is 0 Å². The molecular formula is C23H32N6O2. The lowest BCUT2D eigenvalue weighted by Gasteiger charge is -2.15. The number of pyridine rings is 1. The molecule has 2 rings (SSSR count). The number of hydrogen-bond donors (Lipinski definition) is 5. The Bertz CT molecular complexity index is 926. The molecule has 1 atom stereocenters. The standard InChI is InChI=1S/C23H32N6O2/c1-16(18-6-3-5-17(9-18)10-22(30)31)13-27-7-4-8-28-21-11-19(15-29-23(21)25)20(12-24)14-26-2/h3,5-6,9,11-12,14-16,27-28H,4,7-8,10,13,24H2,1-2H3,(H2,25,29)(H,30,31)/b20-12+,26-14?. The predicted molar refractivity (Wildman–Crippen MR) is 127 cm³/mol. The molecular weight excluding hydrogens is 392 g/mol. The average molecular weight is 425 g/mol. The van der Waals surface area contributed by atoms with Gasteiger partial charge < -0.3 is 27.2 Å². The fraction of sp³-hybridized carbons (Fsp3) is 0.348. The number of nitrogen functional groups attached to an aromatic ring is 1. The maximum absolute atomic E-state index is 10.9. The first kappa shape index (κ1) is 23.9. The molecule has 8 nitrogen and oxygen atoms in total. The number of nitrogens with one attached hydrogen (secondary N) is 2. The van der Waals surface area contributed by atoms with Gasteiger partial charge in [0.2, 0.25) is 0 Å². The molecule has 0 aliphatic rings. The van der Waals surface area contributed by atoms with E-state index in [1.165, 1.54) is 6.20 Å². The van der Waals surface area contributed by atoms with E-state index in [0.29, 0.717) is 11.7 Å². The van der Waals surface area contributed by atoms with Crippen molar-refractivity contribution in [3.05, 3.63) is 59.4 Å². The van der Waals surface area contributed by atoms with Gasteiger partial charge in [0, 0.05) is 49.9 Å². The Hall–Kier alpha value is -3.39. The molecule has 0 radical (unpaired) electrons. The van der Waals surface area contributed by atoms with Gasteiger partial charge in [-0.1, -0.05) is 31.2 Å².